The fourth-order valence-electron chi connectivity index (χ4n) is 3.86. The first-order chi connectivity index (χ1) is 14.6. The second kappa shape index (κ2) is 7.99. The maximum absolute atomic E-state index is 13.6. The molecule has 0 aromatic heterocycles. The number of anilines is 2. The SMILES string of the molecule is COc1ccc([C@H]2Nc3ccccc3C(=O)N2c2cccc(C)c2)c(OC)c1OC. The van der Waals surface area contributed by atoms with Crippen LogP contribution in [-0.4, -0.2) is 27.2 Å². The summed E-state index contributed by atoms with van der Waals surface area (Å²) in [5.74, 6) is 1.47. The lowest BCUT2D eigenvalue weighted by atomic mass is 10.0. The van der Waals surface area contributed by atoms with Crippen LogP contribution in [0, 0.1) is 6.92 Å². The van der Waals surface area contributed by atoms with Gasteiger partial charge in [-0.3, -0.25) is 9.69 Å². The molecule has 1 N–H and O–H groups in total. The Morgan fingerprint density at radius 3 is 2.33 bits per heavy atom. The van der Waals surface area contributed by atoms with Crippen LogP contribution in [0.1, 0.15) is 27.7 Å². The average Bonchev–Trinajstić information content (AvgIpc) is 2.77. The fourth-order valence-corrected chi connectivity index (χ4v) is 3.86. The van der Waals surface area contributed by atoms with E-state index in [9.17, 15) is 4.79 Å². The summed E-state index contributed by atoms with van der Waals surface area (Å²) < 4.78 is 16.7. The molecule has 0 bridgehead atoms. The molecule has 0 spiro atoms. The summed E-state index contributed by atoms with van der Waals surface area (Å²) in [5.41, 5.74) is 4.02. The molecule has 1 atom stereocenters. The van der Waals surface area contributed by atoms with Crippen LogP contribution in [0.5, 0.6) is 17.2 Å². The van der Waals surface area contributed by atoms with Gasteiger partial charge < -0.3 is 19.5 Å². The van der Waals surface area contributed by atoms with Crippen molar-refractivity contribution in [1.82, 2.24) is 0 Å². The third kappa shape index (κ3) is 3.20. The van der Waals surface area contributed by atoms with Crippen LogP contribution in [0.4, 0.5) is 11.4 Å². The second-order valence-corrected chi connectivity index (χ2v) is 7.03. The van der Waals surface area contributed by atoms with Gasteiger partial charge in [0.2, 0.25) is 5.75 Å². The van der Waals surface area contributed by atoms with Crippen LogP contribution >= 0.6 is 0 Å². The van der Waals surface area contributed by atoms with Crippen LogP contribution in [0.15, 0.2) is 60.7 Å². The summed E-state index contributed by atoms with van der Waals surface area (Å²) in [4.78, 5) is 15.3. The maximum Gasteiger partial charge on any atom is 0.262 e. The van der Waals surface area contributed by atoms with Gasteiger partial charge >= 0.3 is 0 Å². The number of hydrogen-bond donors (Lipinski definition) is 1. The van der Waals surface area contributed by atoms with Gasteiger partial charge in [-0.1, -0.05) is 24.3 Å². The summed E-state index contributed by atoms with van der Waals surface area (Å²) in [6, 6.07) is 19.1. The van der Waals surface area contributed by atoms with Crippen LogP contribution in [0.2, 0.25) is 0 Å². The average molecular weight is 404 g/mol. The van der Waals surface area contributed by atoms with Gasteiger partial charge in [0.1, 0.15) is 6.17 Å². The van der Waals surface area contributed by atoms with Crippen LogP contribution in [0.3, 0.4) is 0 Å². The van der Waals surface area contributed by atoms with Gasteiger partial charge in [-0.05, 0) is 48.9 Å². The number of nitrogens with one attached hydrogen (secondary N) is 1. The molecule has 6 nitrogen and oxygen atoms in total. The molecule has 4 rings (SSSR count). The smallest absolute Gasteiger partial charge is 0.262 e. The van der Waals surface area contributed by atoms with Crippen LogP contribution in [0.25, 0.3) is 0 Å². The first kappa shape index (κ1) is 19.6. The number of rotatable bonds is 5. The molecule has 3 aromatic carbocycles. The number of para-hydroxylation sites is 1. The molecule has 0 saturated carbocycles. The number of carbonyl (C=O) groups excluding carboxylic acids is 1. The maximum atomic E-state index is 13.6. The highest BCUT2D eigenvalue weighted by atomic mass is 16.5. The lowest BCUT2D eigenvalue weighted by Gasteiger charge is -2.39. The Kier molecular flexibility index (Phi) is 5.23. The molecular formula is C24H24N2O4. The van der Waals surface area contributed by atoms with E-state index in [1.165, 1.54) is 0 Å². The van der Waals surface area contributed by atoms with E-state index in [4.69, 9.17) is 14.2 Å². The Bertz CT molecular complexity index is 1100. The van der Waals surface area contributed by atoms with E-state index in [0.717, 1.165) is 22.5 Å². The van der Waals surface area contributed by atoms with Crippen molar-refractivity contribution in [3.05, 3.63) is 77.4 Å². The predicted molar refractivity (Wildman–Crippen MR) is 117 cm³/mol. The Balaban J connectivity index is 1.93. The number of ether oxygens (including phenoxy) is 3. The number of aryl methyl sites for hydroxylation is 1. The van der Waals surface area contributed by atoms with Crippen molar-refractivity contribution in [3.63, 3.8) is 0 Å². The fraction of sp³-hybridized carbons (Fsp3) is 0.208. The number of fused-ring (bicyclic) bond motifs is 1. The van der Waals surface area contributed by atoms with E-state index < -0.39 is 6.17 Å². The van der Waals surface area contributed by atoms with Gasteiger partial charge in [0, 0.05) is 16.9 Å². The quantitative estimate of drug-likeness (QED) is 0.662. The van der Waals surface area contributed by atoms with E-state index in [1.54, 1.807) is 26.2 Å². The predicted octanol–water partition coefficient (Wildman–Crippen LogP) is 4.79. The summed E-state index contributed by atoms with van der Waals surface area (Å²) in [6.07, 6.45) is -0.496. The van der Waals surface area contributed by atoms with Crippen molar-refractivity contribution in [1.29, 1.82) is 0 Å². The van der Waals surface area contributed by atoms with Gasteiger partial charge in [-0.25, -0.2) is 0 Å². The molecule has 0 unspecified atom stereocenters. The topological polar surface area (TPSA) is 60.0 Å². The van der Waals surface area contributed by atoms with Gasteiger partial charge in [-0.15, -0.1) is 0 Å². The number of carbonyl (C=O) groups is 1. The highest BCUT2D eigenvalue weighted by Crippen LogP contribution is 2.46. The minimum atomic E-state index is -0.496. The highest BCUT2D eigenvalue weighted by Gasteiger charge is 2.36. The first-order valence-electron chi connectivity index (χ1n) is 9.63. The Morgan fingerprint density at radius 1 is 0.867 bits per heavy atom. The third-order valence-electron chi connectivity index (χ3n) is 5.24. The minimum absolute atomic E-state index is 0.0863. The lowest BCUT2D eigenvalue weighted by molar-refractivity contribution is 0.0974. The standard InChI is InChI=1S/C24H24N2O4/c1-15-8-7-9-16(14-15)26-23(25-19-11-6-5-10-17(19)24(26)27)18-12-13-20(28-2)22(30-4)21(18)29-3/h5-14,23,25H,1-4H3/t23-/m0/s1. The molecule has 1 heterocycles. The molecule has 0 fully saturated rings. The number of amides is 1. The molecule has 3 aromatic rings. The van der Waals surface area contributed by atoms with Crippen molar-refractivity contribution >= 4 is 17.3 Å². The van der Waals surface area contributed by atoms with E-state index >= 15 is 0 Å². The monoisotopic (exact) mass is 404 g/mol. The number of methoxy groups -OCH3 is 3. The molecule has 6 heteroatoms. The van der Waals surface area contributed by atoms with E-state index in [-0.39, 0.29) is 5.91 Å². The van der Waals surface area contributed by atoms with Crippen LogP contribution in [-0.2, 0) is 0 Å². The summed E-state index contributed by atoms with van der Waals surface area (Å²) >= 11 is 0. The third-order valence-corrected chi connectivity index (χ3v) is 5.24. The number of hydrogen-bond acceptors (Lipinski definition) is 5. The highest BCUT2D eigenvalue weighted by molar-refractivity contribution is 6.12. The minimum Gasteiger partial charge on any atom is -0.493 e. The van der Waals surface area contributed by atoms with Crippen molar-refractivity contribution in [2.24, 2.45) is 0 Å². The van der Waals surface area contributed by atoms with Gasteiger partial charge in [0.15, 0.2) is 11.5 Å². The number of nitrogens with zero attached hydrogens (tertiary/aromatic N) is 1. The van der Waals surface area contributed by atoms with Gasteiger partial charge in [0.05, 0.1) is 26.9 Å². The molecule has 1 aliphatic rings. The van der Waals surface area contributed by atoms with Crippen molar-refractivity contribution in [2.45, 2.75) is 13.1 Å². The Labute approximate surface area is 176 Å². The van der Waals surface area contributed by atoms with Crippen LogP contribution < -0.4 is 24.4 Å². The normalized spacial score (nSPS) is 15.3. The zero-order valence-electron chi connectivity index (χ0n) is 17.4. The van der Waals surface area contributed by atoms with Crippen molar-refractivity contribution in [2.75, 3.05) is 31.5 Å². The summed E-state index contributed by atoms with van der Waals surface area (Å²) in [6.45, 7) is 2.01. The molecule has 1 aliphatic heterocycles. The van der Waals surface area contributed by atoms with Gasteiger partial charge in [-0.2, -0.15) is 0 Å². The van der Waals surface area contributed by atoms with Gasteiger partial charge in [0.25, 0.3) is 5.91 Å². The Morgan fingerprint density at radius 2 is 1.63 bits per heavy atom. The molecule has 0 radical (unpaired) electrons. The molecule has 1 amide bonds. The molecule has 154 valence electrons. The summed E-state index contributed by atoms with van der Waals surface area (Å²) in [5, 5.41) is 3.50. The van der Waals surface area contributed by atoms with E-state index in [0.29, 0.717) is 22.8 Å². The molecule has 30 heavy (non-hydrogen) atoms. The largest absolute Gasteiger partial charge is 0.493 e. The molecule has 0 saturated heterocycles. The zero-order valence-corrected chi connectivity index (χ0v) is 17.4. The second-order valence-electron chi connectivity index (χ2n) is 7.03. The summed E-state index contributed by atoms with van der Waals surface area (Å²) in [7, 11) is 4.72. The van der Waals surface area contributed by atoms with Crippen molar-refractivity contribution < 1.29 is 19.0 Å². The van der Waals surface area contributed by atoms with E-state index in [2.05, 4.69) is 5.32 Å². The first-order valence-corrected chi connectivity index (χ1v) is 9.63. The molecule has 0 aliphatic carbocycles. The lowest BCUT2D eigenvalue weighted by Crippen LogP contribution is -2.43. The van der Waals surface area contributed by atoms with Crippen molar-refractivity contribution in [3.8, 4) is 17.2 Å². The van der Waals surface area contributed by atoms with E-state index in [1.807, 2.05) is 67.6 Å². The Hall–Kier alpha value is -3.67. The zero-order chi connectivity index (χ0) is 21.3. The molecular weight excluding hydrogens is 380 g/mol. The number of benzene rings is 3.